The van der Waals surface area contributed by atoms with E-state index >= 15 is 0 Å². The zero-order valence-corrected chi connectivity index (χ0v) is 16.6. The molecule has 30 heavy (non-hydrogen) atoms. The van der Waals surface area contributed by atoms with E-state index < -0.39 is 39.9 Å². The van der Waals surface area contributed by atoms with Crippen LogP contribution in [0.15, 0.2) is 59.5 Å². The Hall–Kier alpha value is -2.43. The van der Waals surface area contributed by atoms with Gasteiger partial charge in [0.1, 0.15) is 0 Å². The minimum Gasteiger partial charge on any atom is -0.369 e. The molecule has 2 unspecified atom stereocenters. The highest BCUT2D eigenvalue weighted by Crippen LogP contribution is 2.30. The van der Waals surface area contributed by atoms with Crippen LogP contribution in [0.25, 0.3) is 0 Å². The predicted molar refractivity (Wildman–Crippen MR) is 101 cm³/mol. The van der Waals surface area contributed by atoms with Crippen molar-refractivity contribution in [1.29, 1.82) is 0 Å². The van der Waals surface area contributed by atoms with E-state index in [1.165, 1.54) is 21.3 Å². The van der Waals surface area contributed by atoms with Crippen LogP contribution in [0.5, 0.6) is 0 Å². The summed E-state index contributed by atoms with van der Waals surface area (Å²) in [6, 6.07) is 12.2. The van der Waals surface area contributed by atoms with Crippen LogP contribution in [0.1, 0.15) is 15.9 Å². The van der Waals surface area contributed by atoms with E-state index in [2.05, 4.69) is 0 Å². The van der Waals surface area contributed by atoms with Gasteiger partial charge in [0, 0.05) is 31.7 Å². The topological polar surface area (TPSA) is 66.9 Å². The van der Waals surface area contributed by atoms with Gasteiger partial charge in [-0.3, -0.25) is 4.79 Å². The molecule has 0 spiro atoms. The Morgan fingerprint density at radius 1 is 0.900 bits per heavy atom. The summed E-state index contributed by atoms with van der Waals surface area (Å²) in [7, 11) is -3.67. The van der Waals surface area contributed by atoms with Gasteiger partial charge >= 0.3 is 6.18 Å². The lowest BCUT2D eigenvalue weighted by Crippen LogP contribution is -2.61. The number of carbonyl (C=O) groups is 1. The van der Waals surface area contributed by atoms with Crippen LogP contribution in [0.4, 0.5) is 13.2 Å². The largest absolute Gasteiger partial charge is 0.416 e. The number of benzene rings is 2. The third-order valence-electron chi connectivity index (χ3n) is 5.17. The summed E-state index contributed by atoms with van der Waals surface area (Å²) in [6.07, 6.45) is -5.48. The van der Waals surface area contributed by atoms with Crippen molar-refractivity contribution in [1.82, 2.24) is 9.21 Å². The summed E-state index contributed by atoms with van der Waals surface area (Å²) in [5, 5.41) is 0. The summed E-state index contributed by atoms with van der Waals surface area (Å²) >= 11 is 0. The molecule has 160 valence electrons. The molecule has 1 amide bonds. The molecule has 0 aliphatic carbocycles. The molecule has 2 aliphatic heterocycles. The number of hydrogen-bond donors (Lipinski definition) is 0. The number of morpholine rings is 2. The van der Waals surface area contributed by atoms with E-state index in [4.69, 9.17) is 4.74 Å². The van der Waals surface area contributed by atoms with Crippen LogP contribution >= 0.6 is 0 Å². The maximum Gasteiger partial charge on any atom is 0.416 e. The predicted octanol–water partition coefficient (Wildman–Crippen LogP) is 2.62. The van der Waals surface area contributed by atoms with E-state index in [9.17, 15) is 26.4 Å². The molecule has 2 heterocycles. The van der Waals surface area contributed by atoms with Gasteiger partial charge < -0.3 is 9.64 Å². The lowest BCUT2D eigenvalue weighted by atomic mass is 10.1. The molecule has 2 aromatic carbocycles. The molecule has 2 bridgehead atoms. The Kier molecular flexibility index (Phi) is 5.33. The molecular formula is C20H19F3N2O4S. The van der Waals surface area contributed by atoms with Gasteiger partial charge in [-0.2, -0.15) is 17.5 Å². The first kappa shape index (κ1) is 20.8. The molecule has 10 heteroatoms. The van der Waals surface area contributed by atoms with Crippen molar-refractivity contribution in [2.45, 2.75) is 23.3 Å². The van der Waals surface area contributed by atoms with Crippen LogP contribution in [0, 0.1) is 0 Å². The van der Waals surface area contributed by atoms with Crippen molar-refractivity contribution in [2.24, 2.45) is 0 Å². The number of ether oxygens (including phenoxy) is 1. The van der Waals surface area contributed by atoms with Gasteiger partial charge in [0.05, 0.1) is 22.7 Å². The number of fused-ring (bicyclic) bond motifs is 2. The number of hydrogen-bond acceptors (Lipinski definition) is 4. The van der Waals surface area contributed by atoms with Crippen LogP contribution < -0.4 is 0 Å². The molecule has 0 radical (unpaired) electrons. The first-order chi connectivity index (χ1) is 14.1. The summed E-state index contributed by atoms with van der Waals surface area (Å²) in [4.78, 5) is 14.5. The average molecular weight is 440 g/mol. The molecule has 2 atom stereocenters. The van der Waals surface area contributed by atoms with E-state index in [0.717, 1.165) is 24.3 Å². The molecule has 0 N–H and O–H groups in total. The average Bonchev–Trinajstić information content (AvgIpc) is 2.72. The van der Waals surface area contributed by atoms with E-state index in [0.29, 0.717) is 0 Å². The van der Waals surface area contributed by atoms with Crippen molar-refractivity contribution in [3.63, 3.8) is 0 Å². The molecule has 2 aliphatic rings. The number of sulfonamides is 1. The van der Waals surface area contributed by atoms with Crippen LogP contribution in [0.3, 0.4) is 0 Å². The highest BCUT2D eigenvalue weighted by atomic mass is 32.2. The quantitative estimate of drug-likeness (QED) is 0.736. The Morgan fingerprint density at radius 2 is 1.47 bits per heavy atom. The zero-order valence-electron chi connectivity index (χ0n) is 15.7. The Labute approximate surface area is 171 Å². The lowest BCUT2D eigenvalue weighted by molar-refractivity contribution is -0.137. The second-order valence-corrected chi connectivity index (χ2v) is 9.24. The van der Waals surface area contributed by atoms with Crippen molar-refractivity contribution in [3.8, 4) is 0 Å². The fraction of sp³-hybridized carbons (Fsp3) is 0.350. The molecule has 6 nitrogen and oxygen atoms in total. The highest BCUT2D eigenvalue weighted by Gasteiger charge is 2.41. The van der Waals surface area contributed by atoms with Crippen LogP contribution in [-0.2, 0) is 20.9 Å². The number of halogens is 3. The van der Waals surface area contributed by atoms with Gasteiger partial charge in [-0.25, -0.2) is 8.42 Å². The third kappa shape index (κ3) is 4.07. The zero-order chi connectivity index (χ0) is 21.5. The van der Waals surface area contributed by atoms with Gasteiger partial charge in [-0.1, -0.05) is 18.2 Å². The Morgan fingerprint density at radius 3 is 2.00 bits per heavy atom. The van der Waals surface area contributed by atoms with Crippen molar-refractivity contribution >= 4 is 15.9 Å². The van der Waals surface area contributed by atoms with Crippen LogP contribution in [0.2, 0.25) is 0 Å². The molecule has 2 saturated heterocycles. The van der Waals surface area contributed by atoms with Gasteiger partial charge in [0.2, 0.25) is 10.0 Å². The second kappa shape index (κ2) is 7.68. The molecule has 2 fully saturated rings. The minimum atomic E-state index is -4.47. The summed E-state index contributed by atoms with van der Waals surface area (Å²) in [5.74, 6) is -0.401. The van der Waals surface area contributed by atoms with Crippen molar-refractivity contribution < 1.29 is 31.1 Å². The monoisotopic (exact) mass is 440 g/mol. The fourth-order valence-corrected chi connectivity index (χ4v) is 5.27. The summed E-state index contributed by atoms with van der Waals surface area (Å²) in [6.45, 7) is 0.531. The van der Waals surface area contributed by atoms with Gasteiger partial charge in [-0.05, 0) is 36.4 Å². The van der Waals surface area contributed by atoms with Crippen LogP contribution in [-0.4, -0.2) is 61.9 Å². The van der Waals surface area contributed by atoms with E-state index in [1.807, 2.05) is 0 Å². The molecule has 2 aromatic rings. The van der Waals surface area contributed by atoms with E-state index in [1.54, 1.807) is 18.2 Å². The lowest BCUT2D eigenvalue weighted by Gasteiger charge is -2.45. The third-order valence-corrected chi connectivity index (χ3v) is 7.02. The minimum absolute atomic E-state index is 0.102. The second-order valence-electron chi connectivity index (χ2n) is 7.30. The van der Waals surface area contributed by atoms with Gasteiger partial charge in [-0.15, -0.1) is 0 Å². The first-order valence-electron chi connectivity index (χ1n) is 9.32. The molecule has 0 aromatic heterocycles. The first-order valence-corrected chi connectivity index (χ1v) is 10.8. The maximum absolute atomic E-state index is 12.9. The number of amides is 1. The summed E-state index contributed by atoms with van der Waals surface area (Å²) in [5.41, 5.74) is -0.670. The number of rotatable bonds is 3. The Balaban J connectivity index is 1.46. The maximum atomic E-state index is 12.9. The normalized spacial score (nSPS) is 22.7. The van der Waals surface area contributed by atoms with Crippen molar-refractivity contribution in [2.75, 3.05) is 26.2 Å². The van der Waals surface area contributed by atoms with Crippen molar-refractivity contribution in [3.05, 3.63) is 65.7 Å². The smallest absolute Gasteiger partial charge is 0.369 e. The fourth-order valence-electron chi connectivity index (χ4n) is 3.74. The summed E-state index contributed by atoms with van der Waals surface area (Å²) < 4.78 is 71.1. The number of nitrogens with zero attached hydrogens (tertiary/aromatic N) is 2. The Bertz CT molecular complexity index is 1010. The highest BCUT2D eigenvalue weighted by molar-refractivity contribution is 7.89. The number of carbonyl (C=O) groups excluding carboxylic acids is 1. The van der Waals surface area contributed by atoms with Gasteiger partial charge in [0.15, 0.2) is 0 Å². The number of alkyl halides is 3. The molecule has 4 rings (SSSR count). The van der Waals surface area contributed by atoms with E-state index in [-0.39, 0.29) is 36.6 Å². The SMILES string of the molecule is O=C(c1ccc(C(F)(F)F)cc1)N1CC2CN(S(=O)(=O)c3ccccc3)CC(C1)O2. The molecular weight excluding hydrogens is 421 g/mol. The van der Waals surface area contributed by atoms with Gasteiger partial charge in [0.25, 0.3) is 5.91 Å². The standard InChI is InChI=1S/C20H19F3N2O4S/c21-20(22,23)15-8-6-14(7-9-15)19(26)24-10-16-12-25(13-17(11-24)29-16)30(27,28)18-4-2-1-3-5-18/h1-9,16-17H,10-13H2. The molecule has 0 saturated carbocycles.